The van der Waals surface area contributed by atoms with Crippen LogP contribution in [0.3, 0.4) is 0 Å². The Kier molecular flexibility index (Phi) is 4.76. The minimum atomic E-state index is -3.15. The Labute approximate surface area is 109 Å². The minimum absolute atomic E-state index is 0.292. The van der Waals surface area contributed by atoms with Gasteiger partial charge < -0.3 is 10.5 Å². The molecule has 0 aromatic heterocycles. The maximum absolute atomic E-state index is 11.3. The van der Waals surface area contributed by atoms with E-state index in [-0.39, 0.29) is 5.54 Å². The monoisotopic (exact) mass is 271 g/mol. The molecule has 18 heavy (non-hydrogen) atoms. The van der Waals surface area contributed by atoms with Gasteiger partial charge in [0.1, 0.15) is 12.4 Å². The molecule has 0 saturated heterocycles. The first-order valence-corrected chi connectivity index (χ1v) is 7.91. The van der Waals surface area contributed by atoms with Crippen LogP contribution < -0.4 is 10.5 Å². The molecule has 0 heterocycles. The van der Waals surface area contributed by atoms with Gasteiger partial charge in [0.2, 0.25) is 0 Å². The number of hydrogen-bond acceptors (Lipinski definition) is 4. The summed E-state index contributed by atoms with van der Waals surface area (Å²) in [7, 11) is -3.15. The third kappa shape index (κ3) is 3.99. The van der Waals surface area contributed by atoms with Gasteiger partial charge in [0.05, 0.1) is 4.90 Å². The van der Waals surface area contributed by atoms with E-state index in [2.05, 4.69) is 0 Å². The van der Waals surface area contributed by atoms with E-state index in [4.69, 9.17) is 10.5 Å². The molecule has 1 rings (SSSR count). The highest BCUT2D eigenvalue weighted by Crippen LogP contribution is 2.18. The van der Waals surface area contributed by atoms with E-state index in [1.54, 1.807) is 24.3 Å². The van der Waals surface area contributed by atoms with Crippen LogP contribution in [-0.4, -0.2) is 26.8 Å². The van der Waals surface area contributed by atoms with Gasteiger partial charge >= 0.3 is 0 Å². The Morgan fingerprint density at radius 2 is 1.67 bits per heavy atom. The zero-order valence-corrected chi connectivity index (χ0v) is 12.0. The lowest BCUT2D eigenvalue weighted by Gasteiger charge is -2.26. The van der Waals surface area contributed by atoms with Crippen LogP contribution in [0, 0.1) is 0 Å². The summed E-state index contributed by atoms with van der Waals surface area (Å²) in [6.07, 6.45) is 2.86. The molecule has 0 saturated carbocycles. The van der Waals surface area contributed by atoms with Gasteiger partial charge in [0.15, 0.2) is 9.84 Å². The van der Waals surface area contributed by atoms with Gasteiger partial charge in [-0.15, -0.1) is 0 Å². The fourth-order valence-corrected chi connectivity index (χ4v) is 2.09. The number of ether oxygens (including phenoxy) is 1. The summed E-state index contributed by atoms with van der Waals surface area (Å²) < 4.78 is 28.2. The lowest BCUT2D eigenvalue weighted by molar-refractivity contribution is 0.207. The third-order valence-electron chi connectivity index (χ3n) is 3.19. The Morgan fingerprint density at radius 3 is 2.06 bits per heavy atom. The Bertz CT molecular complexity index is 475. The molecule has 0 spiro atoms. The zero-order valence-electron chi connectivity index (χ0n) is 11.1. The molecule has 0 aliphatic rings. The van der Waals surface area contributed by atoms with Crippen LogP contribution in [0.15, 0.2) is 29.2 Å². The van der Waals surface area contributed by atoms with Gasteiger partial charge in [-0.3, -0.25) is 0 Å². The van der Waals surface area contributed by atoms with Crippen LogP contribution in [0.25, 0.3) is 0 Å². The predicted octanol–water partition coefficient (Wildman–Crippen LogP) is 1.99. The molecule has 1 aromatic carbocycles. The smallest absolute Gasteiger partial charge is 0.175 e. The highest BCUT2D eigenvalue weighted by molar-refractivity contribution is 7.90. The second-order valence-electron chi connectivity index (χ2n) is 4.60. The molecule has 0 fully saturated rings. The van der Waals surface area contributed by atoms with Crippen molar-refractivity contribution in [3.8, 4) is 5.75 Å². The molecule has 0 radical (unpaired) electrons. The van der Waals surface area contributed by atoms with Crippen molar-refractivity contribution in [1.29, 1.82) is 0 Å². The minimum Gasteiger partial charge on any atom is -0.492 e. The predicted molar refractivity (Wildman–Crippen MR) is 72.5 cm³/mol. The molecule has 4 nitrogen and oxygen atoms in total. The van der Waals surface area contributed by atoms with Crippen molar-refractivity contribution in [1.82, 2.24) is 0 Å². The van der Waals surface area contributed by atoms with Crippen LogP contribution in [0.4, 0.5) is 0 Å². The summed E-state index contributed by atoms with van der Waals surface area (Å²) in [6.45, 7) is 4.48. The number of hydrogen-bond donors (Lipinski definition) is 1. The summed E-state index contributed by atoms with van der Waals surface area (Å²) in [4.78, 5) is 0.292. The van der Waals surface area contributed by atoms with Gasteiger partial charge in [0.25, 0.3) is 0 Å². The number of sulfone groups is 1. The van der Waals surface area contributed by atoms with Crippen molar-refractivity contribution in [2.75, 3.05) is 12.9 Å². The summed E-state index contributed by atoms with van der Waals surface area (Å²) in [5.74, 6) is 0.638. The molecule has 5 heteroatoms. The maximum Gasteiger partial charge on any atom is 0.175 e. The molecular weight excluding hydrogens is 250 g/mol. The molecule has 0 amide bonds. The van der Waals surface area contributed by atoms with E-state index in [1.165, 1.54) is 6.26 Å². The van der Waals surface area contributed by atoms with Crippen LogP contribution >= 0.6 is 0 Å². The number of benzene rings is 1. The van der Waals surface area contributed by atoms with Crippen LogP contribution in [0.2, 0.25) is 0 Å². The molecule has 0 bridgehead atoms. The maximum atomic E-state index is 11.3. The van der Waals surface area contributed by atoms with E-state index in [0.29, 0.717) is 17.3 Å². The standard InChI is InChI=1S/C13H21NO3S/c1-4-13(14,5-2)10-17-11-6-8-12(9-7-11)18(3,15)16/h6-9H,4-5,10,14H2,1-3H3. The Balaban J connectivity index is 2.71. The largest absolute Gasteiger partial charge is 0.492 e. The molecule has 0 aliphatic carbocycles. The van der Waals surface area contributed by atoms with Gasteiger partial charge in [0, 0.05) is 11.8 Å². The van der Waals surface area contributed by atoms with Crippen molar-refractivity contribution in [2.24, 2.45) is 5.73 Å². The van der Waals surface area contributed by atoms with Gasteiger partial charge in [-0.2, -0.15) is 0 Å². The van der Waals surface area contributed by atoms with Gasteiger partial charge in [-0.25, -0.2) is 8.42 Å². The fraction of sp³-hybridized carbons (Fsp3) is 0.538. The van der Waals surface area contributed by atoms with Crippen molar-refractivity contribution < 1.29 is 13.2 Å². The number of nitrogens with two attached hydrogens (primary N) is 1. The van der Waals surface area contributed by atoms with Crippen molar-refractivity contribution in [3.63, 3.8) is 0 Å². The Hall–Kier alpha value is -1.07. The van der Waals surface area contributed by atoms with Crippen molar-refractivity contribution >= 4 is 9.84 Å². The van der Waals surface area contributed by atoms with Crippen LogP contribution in [0.1, 0.15) is 26.7 Å². The molecule has 0 atom stereocenters. The summed E-state index contributed by atoms with van der Waals surface area (Å²) in [5.41, 5.74) is 5.80. The second-order valence-corrected chi connectivity index (χ2v) is 6.62. The number of rotatable bonds is 6. The van der Waals surface area contributed by atoms with Gasteiger partial charge in [-0.1, -0.05) is 13.8 Å². The molecule has 0 aliphatic heterocycles. The lowest BCUT2D eigenvalue weighted by Crippen LogP contribution is -2.44. The first-order valence-electron chi connectivity index (χ1n) is 6.02. The molecule has 102 valence electrons. The normalized spacial score (nSPS) is 12.4. The first-order chi connectivity index (χ1) is 8.30. The third-order valence-corrected chi connectivity index (χ3v) is 4.31. The zero-order chi connectivity index (χ0) is 13.8. The van der Waals surface area contributed by atoms with E-state index < -0.39 is 9.84 Å². The van der Waals surface area contributed by atoms with E-state index in [1.807, 2.05) is 13.8 Å². The SMILES string of the molecule is CCC(N)(CC)COc1ccc(S(C)(=O)=O)cc1. The quantitative estimate of drug-likeness (QED) is 0.859. The Morgan fingerprint density at radius 1 is 1.17 bits per heavy atom. The molecule has 0 unspecified atom stereocenters. The average molecular weight is 271 g/mol. The van der Waals surface area contributed by atoms with Crippen molar-refractivity contribution in [3.05, 3.63) is 24.3 Å². The van der Waals surface area contributed by atoms with E-state index in [0.717, 1.165) is 12.8 Å². The van der Waals surface area contributed by atoms with E-state index >= 15 is 0 Å². The van der Waals surface area contributed by atoms with Crippen LogP contribution in [-0.2, 0) is 9.84 Å². The second kappa shape index (κ2) is 5.71. The summed E-state index contributed by atoms with van der Waals surface area (Å²) in [5, 5.41) is 0. The van der Waals surface area contributed by atoms with Crippen LogP contribution in [0.5, 0.6) is 5.75 Å². The fourth-order valence-electron chi connectivity index (χ4n) is 1.46. The van der Waals surface area contributed by atoms with Crippen molar-refractivity contribution in [2.45, 2.75) is 37.1 Å². The highest BCUT2D eigenvalue weighted by Gasteiger charge is 2.21. The lowest BCUT2D eigenvalue weighted by atomic mass is 9.96. The van der Waals surface area contributed by atoms with Gasteiger partial charge in [-0.05, 0) is 37.1 Å². The topological polar surface area (TPSA) is 69.4 Å². The highest BCUT2D eigenvalue weighted by atomic mass is 32.2. The first kappa shape index (κ1) is 15.0. The molecular formula is C13H21NO3S. The van der Waals surface area contributed by atoms with E-state index in [9.17, 15) is 8.42 Å². The molecule has 2 N–H and O–H groups in total. The average Bonchev–Trinajstić information content (AvgIpc) is 2.35. The summed E-state index contributed by atoms with van der Waals surface area (Å²) in [6, 6.07) is 6.39. The summed E-state index contributed by atoms with van der Waals surface area (Å²) >= 11 is 0. The molecule has 1 aromatic rings.